The zero-order valence-corrected chi connectivity index (χ0v) is 11.1. The molecule has 0 atom stereocenters. The van der Waals surface area contributed by atoms with E-state index in [1.54, 1.807) is 15.6 Å². The summed E-state index contributed by atoms with van der Waals surface area (Å²) >= 11 is 5.96. The summed E-state index contributed by atoms with van der Waals surface area (Å²) in [6.07, 6.45) is 1.63. The van der Waals surface area contributed by atoms with E-state index in [0.29, 0.717) is 11.6 Å². The molecule has 0 fully saturated rings. The number of nitrogens with zero attached hydrogens (tertiary/aromatic N) is 6. The minimum atomic E-state index is -0.149. The Morgan fingerprint density at radius 3 is 2.59 bits per heavy atom. The van der Waals surface area contributed by atoms with E-state index in [4.69, 9.17) is 11.6 Å². The second-order valence-corrected chi connectivity index (χ2v) is 5.32. The largest absolute Gasteiger partial charge is 0.261 e. The van der Waals surface area contributed by atoms with Crippen LogP contribution >= 0.6 is 11.6 Å². The maximum Gasteiger partial charge on any atom is 0.173 e. The molecule has 0 saturated heterocycles. The van der Waals surface area contributed by atoms with Crippen molar-refractivity contribution in [1.29, 1.82) is 0 Å². The average molecular weight is 255 g/mol. The minimum Gasteiger partial charge on any atom is -0.261 e. The molecule has 2 rings (SSSR count). The van der Waals surface area contributed by atoms with Gasteiger partial charge < -0.3 is 0 Å². The van der Waals surface area contributed by atoms with Crippen molar-refractivity contribution in [2.45, 2.75) is 39.8 Å². The lowest BCUT2D eigenvalue weighted by atomic mass is 10.1. The maximum atomic E-state index is 5.96. The SMILES string of the molecule is Cc1c(Cl)cnn1Cc1nnnn1C(C)(C)C. The summed E-state index contributed by atoms with van der Waals surface area (Å²) in [6, 6.07) is 0. The van der Waals surface area contributed by atoms with Crippen LogP contribution < -0.4 is 0 Å². The molecule has 0 amide bonds. The predicted molar refractivity (Wildman–Crippen MR) is 63.9 cm³/mol. The molecule has 0 aliphatic heterocycles. The summed E-state index contributed by atoms with van der Waals surface area (Å²) in [5.41, 5.74) is 0.763. The third-order valence-electron chi connectivity index (χ3n) is 2.50. The highest BCUT2D eigenvalue weighted by molar-refractivity contribution is 6.31. The highest BCUT2D eigenvalue weighted by Crippen LogP contribution is 2.17. The summed E-state index contributed by atoms with van der Waals surface area (Å²) in [5.74, 6) is 0.764. The first-order valence-corrected chi connectivity index (χ1v) is 5.73. The molecular weight excluding hydrogens is 240 g/mol. The minimum absolute atomic E-state index is 0.149. The van der Waals surface area contributed by atoms with E-state index in [2.05, 4.69) is 41.4 Å². The molecule has 0 aromatic carbocycles. The Bertz CT molecular complexity index is 521. The molecule has 6 nitrogen and oxygen atoms in total. The van der Waals surface area contributed by atoms with Gasteiger partial charge >= 0.3 is 0 Å². The lowest BCUT2D eigenvalue weighted by Gasteiger charge is -2.19. The van der Waals surface area contributed by atoms with Crippen molar-refractivity contribution in [2.75, 3.05) is 0 Å². The van der Waals surface area contributed by atoms with Crippen LogP contribution in [0.3, 0.4) is 0 Å². The molecule has 2 aromatic rings. The molecule has 0 aliphatic carbocycles. The van der Waals surface area contributed by atoms with E-state index in [9.17, 15) is 0 Å². The van der Waals surface area contributed by atoms with Crippen molar-refractivity contribution in [2.24, 2.45) is 0 Å². The zero-order chi connectivity index (χ0) is 12.6. The second-order valence-electron chi connectivity index (χ2n) is 4.91. The predicted octanol–water partition coefficient (Wildman–Crippen LogP) is 1.63. The van der Waals surface area contributed by atoms with Crippen molar-refractivity contribution in [3.63, 3.8) is 0 Å². The van der Waals surface area contributed by atoms with Crippen molar-refractivity contribution in [3.05, 3.63) is 22.7 Å². The number of tetrazole rings is 1. The van der Waals surface area contributed by atoms with Crippen molar-refractivity contribution in [3.8, 4) is 0 Å². The van der Waals surface area contributed by atoms with Gasteiger partial charge in [-0.15, -0.1) is 5.10 Å². The number of hydrogen-bond acceptors (Lipinski definition) is 4. The molecule has 0 aliphatic rings. The van der Waals surface area contributed by atoms with E-state index in [1.807, 2.05) is 6.92 Å². The molecule has 17 heavy (non-hydrogen) atoms. The molecule has 2 aromatic heterocycles. The van der Waals surface area contributed by atoms with Crippen LogP contribution in [0, 0.1) is 6.92 Å². The molecule has 2 heterocycles. The summed E-state index contributed by atoms with van der Waals surface area (Å²) in [7, 11) is 0. The highest BCUT2D eigenvalue weighted by Gasteiger charge is 2.20. The highest BCUT2D eigenvalue weighted by atomic mass is 35.5. The van der Waals surface area contributed by atoms with Crippen LogP contribution in [0.15, 0.2) is 6.20 Å². The van der Waals surface area contributed by atoms with Crippen molar-refractivity contribution in [1.82, 2.24) is 30.0 Å². The van der Waals surface area contributed by atoms with Crippen LogP contribution in [0.2, 0.25) is 5.02 Å². The molecular formula is C10H15ClN6. The summed E-state index contributed by atoms with van der Waals surface area (Å²) in [5, 5.41) is 16.6. The fraction of sp³-hybridized carbons (Fsp3) is 0.600. The quantitative estimate of drug-likeness (QED) is 0.817. The van der Waals surface area contributed by atoms with E-state index >= 15 is 0 Å². The Morgan fingerprint density at radius 1 is 1.35 bits per heavy atom. The van der Waals surface area contributed by atoms with Gasteiger partial charge in [-0.05, 0) is 38.1 Å². The third kappa shape index (κ3) is 2.31. The van der Waals surface area contributed by atoms with E-state index in [-0.39, 0.29) is 5.54 Å². The van der Waals surface area contributed by atoms with E-state index in [1.165, 1.54) is 0 Å². The number of rotatable bonds is 2. The molecule has 0 radical (unpaired) electrons. The Balaban J connectivity index is 2.31. The first kappa shape index (κ1) is 12.0. The molecule has 0 unspecified atom stereocenters. The normalized spacial score (nSPS) is 12.1. The Morgan fingerprint density at radius 2 is 2.06 bits per heavy atom. The maximum absolute atomic E-state index is 5.96. The van der Waals surface area contributed by atoms with Gasteiger partial charge in [-0.2, -0.15) is 5.10 Å². The van der Waals surface area contributed by atoms with Gasteiger partial charge in [0.15, 0.2) is 5.82 Å². The fourth-order valence-corrected chi connectivity index (χ4v) is 1.68. The van der Waals surface area contributed by atoms with Crippen LogP contribution in [0.25, 0.3) is 0 Å². The lowest BCUT2D eigenvalue weighted by Crippen LogP contribution is -2.26. The van der Waals surface area contributed by atoms with Gasteiger partial charge in [0, 0.05) is 0 Å². The van der Waals surface area contributed by atoms with E-state index in [0.717, 1.165) is 11.5 Å². The topological polar surface area (TPSA) is 61.4 Å². The second kappa shape index (κ2) is 4.10. The molecule has 92 valence electrons. The summed E-state index contributed by atoms with van der Waals surface area (Å²) in [6.45, 7) is 8.59. The molecule has 0 N–H and O–H groups in total. The van der Waals surface area contributed by atoms with Gasteiger partial charge in [-0.3, -0.25) is 4.68 Å². The van der Waals surface area contributed by atoms with Gasteiger partial charge in [-0.1, -0.05) is 11.6 Å². The Kier molecular flexibility index (Phi) is 2.91. The number of halogens is 1. The third-order valence-corrected chi connectivity index (χ3v) is 2.88. The van der Waals surface area contributed by atoms with Crippen LogP contribution in [0.1, 0.15) is 32.3 Å². The Labute approximate surface area is 105 Å². The molecule has 0 bridgehead atoms. The molecule has 0 saturated carbocycles. The van der Waals surface area contributed by atoms with Gasteiger partial charge in [0.05, 0.1) is 22.5 Å². The number of hydrogen-bond donors (Lipinski definition) is 0. The summed E-state index contributed by atoms with van der Waals surface area (Å²) < 4.78 is 3.58. The first-order chi connectivity index (χ1) is 7.89. The molecule has 7 heteroatoms. The van der Waals surface area contributed by atoms with Crippen LogP contribution in [-0.2, 0) is 12.1 Å². The van der Waals surface area contributed by atoms with Crippen LogP contribution in [0.5, 0.6) is 0 Å². The smallest absolute Gasteiger partial charge is 0.173 e. The van der Waals surface area contributed by atoms with E-state index < -0.39 is 0 Å². The van der Waals surface area contributed by atoms with Gasteiger partial charge in [0.1, 0.15) is 6.54 Å². The monoisotopic (exact) mass is 254 g/mol. The first-order valence-electron chi connectivity index (χ1n) is 5.35. The van der Waals surface area contributed by atoms with Crippen molar-refractivity contribution < 1.29 is 0 Å². The van der Waals surface area contributed by atoms with Crippen molar-refractivity contribution >= 4 is 11.6 Å². The Hall–Kier alpha value is -1.43. The molecule has 0 spiro atoms. The van der Waals surface area contributed by atoms with Gasteiger partial charge in [0.2, 0.25) is 0 Å². The fourth-order valence-electron chi connectivity index (χ4n) is 1.54. The van der Waals surface area contributed by atoms with Gasteiger partial charge in [0.25, 0.3) is 0 Å². The average Bonchev–Trinajstić information content (AvgIpc) is 2.79. The summed E-state index contributed by atoms with van der Waals surface area (Å²) in [4.78, 5) is 0. The van der Waals surface area contributed by atoms with Gasteiger partial charge in [-0.25, -0.2) is 4.68 Å². The lowest BCUT2D eigenvalue weighted by molar-refractivity contribution is 0.331. The standard InChI is InChI=1S/C10H15ClN6/c1-7-8(11)5-12-16(7)6-9-13-14-15-17(9)10(2,3)4/h5H,6H2,1-4H3. The zero-order valence-electron chi connectivity index (χ0n) is 10.3. The van der Waals surface area contributed by atoms with Crippen LogP contribution in [0.4, 0.5) is 0 Å². The van der Waals surface area contributed by atoms with Crippen LogP contribution in [-0.4, -0.2) is 30.0 Å². The number of aromatic nitrogens is 6.